The Morgan fingerprint density at radius 3 is 2.50 bits per heavy atom. The summed E-state index contributed by atoms with van der Waals surface area (Å²) in [4.78, 5) is 0. The van der Waals surface area contributed by atoms with Crippen molar-refractivity contribution in [3.05, 3.63) is 0 Å². The third-order valence-electron chi connectivity index (χ3n) is 1.92. The number of nitrogens with two attached hydrogens (primary N) is 1. The van der Waals surface area contributed by atoms with Gasteiger partial charge in [0.25, 0.3) is 0 Å². The van der Waals surface area contributed by atoms with Gasteiger partial charge in [-0.25, -0.2) is 0 Å². The van der Waals surface area contributed by atoms with E-state index in [9.17, 15) is 0 Å². The molecule has 0 bridgehead atoms. The molecule has 0 aliphatic heterocycles. The van der Waals surface area contributed by atoms with E-state index in [4.69, 9.17) is 10.5 Å². The van der Waals surface area contributed by atoms with Crippen LogP contribution in [0.4, 0.5) is 0 Å². The van der Waals surface area contributed by atoms with Crippen molar-refractivity contribution in [2.75, 3.05) is 13.7 Å². The monoisotopic (exact) mass is 115 g/mol. The molecule has 2 nitrogen and oxygen atoms in total. The summed E-state index contributed by atoms with van der Waals surface area (Å²) >= 11 is 0. The maximum Gasteiger partial charge on any atom is 0.0645 e. The fraction of sp³-hybridized carbons (Fsp3) is 1.00. The fourth-order valence-electron chi connectivity index (χ4n) is 0.981. The van der Waals surface area contributed by atoms with Crippen molar-refractivity contribution in [3.63, 3.8) is 0 Å². The molecule has 0 aromatic rings. The van der Waals surface area contributed by atoms with E-state index < -0.39 is 0 Å². The molecular formula is C6H13NO. The smallest absolute Gasteiger partial charge is 0.0645 e. The van der Waals surface area contributed by atoms with Gasteiger partial charge in [0.05, 0.1) is 6.61 Å². The molecule has 0 spiro atoms. The van der Waals surface area contributed by atoms with Gasteiger partial charge < -0.3 is 10.5 Å². The van der Waals surface area contributed by atoms with Crippen LogP contribution in [0.25, 0.3) is 0 Å². The maximum atomic E-state index is 5.78. The Kier molecular flexibility index (Phi) is 1.29. The lowest BCUT2D eigenvalue weighted by atomic mass is 10.2. The first-order valence-corrected chi connectivity index (χ1v) is 2.97. The van der Waals surface area contributed by atoms with Crippen LogP contribution in [-0.2, 0) is 4.74 Å². The molecule has 0 aromatic carbocycles. The lowest BCUT2D eigenvalue weighted by molar-refractivity contribution is 0.168. The van der Waals surface area contributed by atoms with Gasteiger partial charge in [0.15, 0.2) is 0 Å². The predicted octanol–water partition coefficient (Wildman–Crippen LogP) is 0.370. The van der Waals surface area contributed by atoms with E-state index in [2.05, 4.69) is 6.92 Å². The van der Waals surface area contributed by atoms with Crippen LogP contribution in [0.5, 0.6) is 0 Å². The minimum Gasteiger partial charge on any atom is -0.383 e. The van der Waals surface area contributed by atoms with E-state index >= 15 is 0 Å². The summed E-state index contributed by atoms with van der Waals surface area (Å²) in [5.74, 6) is 0.669. The molecule has 1 saturated carbocycles. The van der Waals surface area contributed by atoms with E-state index in [0.717, 1.165) is 6.42 Å². The summed E-state index contributed by atoms with van der Waals surface area (Å²) in [5, 5.41) is 0. The zero-order valence-corrected chi connectivity index (χ0v) is 5.48. The SMILES string of the molecule is COCC1(N)CC1C. The van der Waals surface area contributed by atoms with Crippen LogP contribution < -0.4 is 5.73 Å². The van der Waals surface area contributed by atoms with Crippen molar-refractivity contribution in [2.45, 2.75) is 18.9 Å². The number of hydrogen-bond donors (Lipinski definition) is 1. The van der Waals surface area contributed by atoms with Crippen LogP contribution >= 0.6 is 0 Å². The number of hydrogen-bond acceptors (Lipinski definition) is 2. The lowest BCUT2D eigenvalue weighted by Crippen LogP contribution is -2.29. The van der Waals surface area contributed by atoms with Crippen LogP contribution in [0.15, 0.2) is 0 Å². The Bertz CT molecular complexity index is 94.5. The van der Waals surface area contributed by atoms with Gasteiger partial charge in [0, 0.05) is 12.6 Å². The molecule has 8 heavy (non-hydrogen) atoms. The molecule has 0 saturated heterocycles. The second-order valence-corrected chi connectivity index (χ2v) is 2.77. The number of methoxy groups -OCH3 is 1. The zero-order valence-electron chi connectivity index (χ0n) is 5.48. The average Bonchev–Trinajstić information content (AvgIpc) is 2.16. The van der Waals surface area contributed by atoms with Crippen molar-refractivity contribution in [2.24, 2.45) is 11.7 Å². The van der Waals surface area contributed by atoms with Crippen LogP contribution in [0.2, 0.25) is 0 Å². The molecule has 1 aliphatic carbocycles. The summed E-state index contributed by atoms with van der Waals surface area (Å²) in [6.07, 6.45) is 1.13. The molecule has 0 amide bonds. The average molecular weight is 115 g/mol. The van der Waals surface area contributed by atoms with Gasteiger partial charge in [0.1, 0.15) is 0 Å². The van der Waals surface area contributed by atoms with E-state index in [1.165, 1.54) is 0 Å². The highest BCUT2D eigenvalue weighted by Gasteiger charge is 2.47. The molecule has 48 valence electrons. The molecule has 2 atom stereocenters. The van der Waals surface area contributed by atoms with Gasteiger partial charge in [-0.1, -0.05) is 6.92 Å². The Labute approximate surface area is 50.0 Å². The molecule has 0 heterocycles. The fourth-order valence-corrected chi connectivity index (χ4v) is 0.981. The molecule has 2 heteroatoms. The van der Waals surface area contributed by atoms with Gasteiger partial charge in [-0.15, -0.1) is 0 Å². The molecule has 0 radical (unpaired) electrons. The second kappa shape index (κ2) is 1.71. The quantitative estimate of drug-likeness (QED) is 0.564. The first kappa shape index (κ1) is 6.05. The third-order valence-corrected chi connectivity index (χ3v) is 1.92. The van der Waals surface area contributed by atoms with E-state index in [1.54, 1.807) is 7.11 Å². The zero-order chi connectivity index (χ0) is 6.20. The normalized spacial score (nSPS) is 44.6. The Hall–Kier alpha value is -0.0800. The summed E-state index contributed by atoms with van der Waals surface area (Å²) in [7, 11) is 1.69. The molecule has 2 unspecified atom stereocenters. The molecule has 1 fully saturated rings. The summed E-state index contributed by atoms with van der Waals surface area (Å²) < 4.78 is 4.91. The van der Waals surface area contributed by atoms with Crippen LogP contribution in [0, 0.1) is 5.92 Å². The van der Waals surface area contributed by atoms with Gasteiger partial charge in [-0.2, -0.15) is 0 Å². The van der Waals surface area contributed by atoms with E-state index in [0.29, 0.717) is 12.5 Å². The summed E-state index contributed by atoms with van der Waals surface area (Å²) in [6.45, 7) is 2.87. The van der Waals surface area contributed by atoms with Crippen molar-refractivity contribution in [3.8, 4) is 0 Å². The highest BCUT2D eigenvalue weighted by Crippen LogP contribution is 2.40. The maximum absolute atomic E-state index is 5.78. The Morgan fingerprint density at radius 2 is 2.38 bits per heavy atom. The van der Waals surface area contributed by atoms with Crippen molar-refractivity contribution in [1.82, 2.24) is 0 Å². The second-order valence-electron chi connectivity index (χ2n) is 2.77. The van der Waals surface area contributed by atoms with Crippen LogP contribution in [0.3, 0.4) is 0 Å². The number of rotatable bonds is 2. The van der Waals surface area contributed by atoms with Crippen LogP contribution in [0.1, 0.15) is 13.3 Å². The summed E-state index contributed by atoms with van der Waals surface area (Å²) in [6, 6.07) is 0. The molecular weight excluding hydrogens is 102 g/mol. The van der Waals surface area contributed by atoms with Gasteiger partial charge in [0.2, 0.25) is 0 Å². The van der Waals surface area contributed by atoms with Gasteiger partial charge in [-0.3, -0.25) is 0 Å². The molecule has 1 rings (SSSR count). The van der Waals surface area contributed by atoms with Crippen LogP contribution in [-0.4, -0.2) is 19.3 Å². The van der Waals surface area contributed by atoms with Gasteiger partial charge >= 0.3 is 0 Å². The highest BCUT2D eigenvalue weighted by molar-refractivity contribution is 5.05. The van der Waals surface area contributed by atoms with Crippen molar-refractivity contribution >= 4 is 0 Å². The highest BCUT2D eigenvalue weighted by atomic mass is 16.5. The van der Waals surface area contributed by atoms with Crippen molar-refractivity contribution in [1.29, 1.82) is 0 Å². The van der Waals surface area contributed by atoms with Gasteiger partial charge in [-0.05, 0) is 12.3 Å². The van der Waals surface area contributed by atoms with E-state index in [1.807, 2.05) is 0 Å². The standard InChI is InChI=1S/C6H13NO/c1-5-3-6(5,7)4-8-2/h5H,3-4,7H2,1-2H3. The lowest BCUT2D eigenvalue weighted by Gasteiger charge is -2.05. The molecule has 0 aromatic heterocycles. The first-order valence-electron chi connectivity index (χ1n) is 2.97. The number of ether oxygens (including phenoxy) is 1. The summed E-state index contributed by atoms with van der Waals surface area (Å²) in [5.41, 5.74) is 5.81. The molecule has 2 N–H and O–H groups in total. The van der Waals surface area contributed by atoms with E-state index in [-0.39, 0.29) is 5.54 Å². The minimum atomic E-state index is 0.0365. The topological polar surface area (TPSA) is 35.2 Å². The predicted molar refractivity (Wildman–Crippen MR) is 32.6 cm³/mol. The minimum absolute atomic E-state index is 0.0365. The van der Waals surface area contributed by atoms with Crippen molar-refractivity contribution < 1.29 is 4.74 Å². The third kappa shape index (κ3) is 0.858. The largest absolute Gasteiger partial charge is 0.383 e. The molecule has 1 aliphatic rings. The Balaban J connectivity index is 2.25. The first-order chi connectivity index (χ1) is 3.69. The Morgan fingerprint density at radius 1 is 1.88 bits per heavy atom.